The molecule has 0 N–H and O–H groups in total. The molecule has 0 radical (unpaired) electrons. The number of nitrogens with zero attached hydrogens (tertiary/aromatic N) is 5. The van der Waals surface area contributed by atoms with Crippen LogP contribution in [0.25, 0.3) is 16.9 Å². The number of fused-ring (bicyclic) bond motifs is 1. The van der Waals surface area contributed by atoms with E-state index in [1.807, 2.05) is 32.9 Å². The van der Waals surface area contributed by atoms with E-state index in [9.17, 15) is 18.0 Å². The smallest absolute Gasteiger partial charge is 0.416 e. The van der Waals surface area contributed by atoms with E-state index in [1.165, 1.54) is 6.07 Å². The molecule has 10 heteroatoms. The van der Waals surface area contributed by atoms with E-state index in [-0.39, 0.29) is 11.5 Å². The first kappa shape index (κ1) is 23.4. The molecule has 35 heavy (non-hydrogen) atoms. The Bertz CT molecular complexity index is 1250. The summed E-state index contributed by atoms with van der Waals surface area (Å²) in [5.41, 5.74) is 0.406. The Labute approximate surface area is 201 Å². The number of carbonyl (C=O) groups is 1. The van der Waals surface area contributed by atoms with Crippen LogP contribution in [-0.4, -0.2) is 57.4 Å². The van der Waals surface area contributed by atoms with Gasteiger partial charge in [0, 0.05) is 37.2 Å². The first-order valence-corrected chi connectivity index (χ1v) is 11.7. The van der Waals surface area contributed by atoms with Crippen molar-refractivity contribution in [3.63, 3.8) is 0 Å². The number of hydrogen-bond donors (Lipinski definition) is 0. The van der Waals surface area contributed by atoms with Crippen molar-refractivity contribution in [2.24, 2.45) is 5.41 Å². The zero-order chi connectivity index (χ0) is 25.0. The second kappa shape index (κ2) is 8.13. The molecular weight excluding hydrogens is 459 g/mol. The van der Waals surface area contributed by atoms with Crippen molar-refractivity contribution in [2.45, 2.75) is 45.4 Å². The predicted molar refractivity (Wildman–Crippen MR) is 125 cm³/mol. The third kappa shape index (κ3) is 4.66. The van der Waals surface area contributed by atoms with Crippen LogP contribution in [0.5, 0.6) is 0 Å². The van der Waals surface area contributed by atoms with Gasteiger partial charge in [0.25, 0.3) is 0 Å². The molecule has 5 rings (SSSR count). The Morgan fingerprint density at radius 1 is 1.06 bits per heavy atom. The average Bonchev–Trinajstić information content (AvgIpc) is 3.19. The van der Waals surface area contributed by atoms with Crippen LogP contribution in [0.2, 0.25) is 0 Å². The summed E-state index contributed by atoms with van der Waals surface area (Å²) in [6, 6.07) is 8.92. The van der Waals surface area contributed by atoms with Gasteiger partial charge in [0.1, 0.15) is 11.4 Å². The number of ether oxygens (including phenoxy) is 1. The minimum absolute atomic E-state index is 0.133. The third-order valence-electron chi connectivity index (χ3n) is 6.69. The number of aromatic nitrogens is 3. The molecule has 2 aliphatic heterocycles. The van der Waals surface area contributed by atoms with Crippen LogP contribution in [0.15, 0.2) is 42.6 Å². The summed E-state index contributed by atoms with van der Waals surface area (Å²) in [6.07, 6.45) is -1.35. The van der Waals surface area contributed by atoms with Crippen molar-refractivity contribution >= 4 is 17.6 Å². The van der Waals surface area contributed by atoms with Crippen molar-refractivity contribution in [3.05, 3.63) is 48.2 Å². The molecule has 186 valence electrons. The van der Waals surface area contributed by atoms with Crippen LogP contribution < -0.4 is 4.90 Å². The lowest BCUT2D eigenvalue weighted by atomic mass is 9.72. The zero-order valence-corrected chi connectivity index (χ0v) is 20.0. The second-order valence-electron chi connectivity index (χ2n) is 10.5. The monoisotopic (exact) mass is 487 g/mol. The molecule has 2 fully saturated rings. The van der Waals surface area contributed by atoms with Gasteiger partial charge in [-0.3, -0.25) is 0 Å². The van der Waals surface area contributed by atoms with Crippen LogP contribution >= 0.6 is 0 Å². The summed E-state index contributed by atoms with van der Waals surface area (Å²) in [5, 5.41) is 4.70. The zero-order valence-electron chi connectivity index (χ0n) is 20.0. The largest absolute Gasteiger partial charge is 0.444 e. The van der Waals surface area contributed by atoms with Gasteiger partial charge >= 0.3 is 12.3 Å². The number of piperidine rings is 1. The van der Waals surface area contributed by atoms with Gasteiger partial charge in [0.2, 0.25) is 0 Å². The van der Waals surface area contributed by atoms with Gasteiger partial charge in [0.05, 0.1) is 17.5 Å². The van der Waals surface area contributed by atoms with Crippen molar-refractivity contribution < 1.29 is 22.7 Å². The molecule has 2 aliphatic rings. The maximum atomic E-state index is 13.2. The van der Waals surface area contributed by atoms with Gasteiger partial charge in [-0.1, -0.05) is 12.1 Å². The molecule has 0 saturated carbocycles. The van der Waals surface area contributed by atoms with Crippen molar-refractivity contribution in [2.75, 3.05) is 31.1 Å². The van der Waals surface area contributed by atoms with Crippen LogP contribution in [0.4, 0.5) is 23.8 Å². The third-order valence-corrected chi connectivity index (χ3v) is 6.69. The molecular formula is C25H28F3N5O2. The molecule has 1 spiro atoms. The summed E-state index contributed by atoms with van der Waals surface area (Å²) in [4.78, 5) is 20.6. The molecule has 2 saturated heterocycles. The van der Waals surface area contributed by atoms with Crippen molar-refractivity contribution in [1.29, 1.82) is 0 Å². The van der Waals surface area contributed by atoms with Gasteiger partial charge in [-0.05, 0) is 57.9 Å². The number of amides is 1. The minimum atomic E-state index is -4.42. The van der Waals surface area contributed by atoms with Crippen molar-refractivity contribution in [3.8, 4) is 11.3 Å². The van der Waals surface area contributed by atoms with Gasteiger partial charge in [-0.15, -0.1) is 5.10 Å². The molecule has 7 nitrogen and oxygen atoms in total. The quantitative estimate of drug-likeness (QED) is 0.494. The van der Waals surface area contributed by atoms with Gasteiger partial charge in [-0.25, -0.2) is 14.3 Å². The number of rotatable bonds is 2. The second-order valence-corrected chi connectivity index (χ2v) is 10.5. The number of carbonyl (C=O) groups excluding carboxylic acids is 1. The van der Waals surface area contributed by atoms with Crippen LogP contribution in [-0.2, 0) is 10.9 Å². The molecule has 0 atom stereocenters. The number of alkyl halides is 3. The van der Waals surface area contributed by atoms with Gasteiger partial charge in [0.15, 0.2) is 5.65 Å². The van der Waals surface area contributed by atoms with Gasteiger partial charge in [-0.2, -0.15) is 13.2 Å². The highest BCUT2D eigenvalue weighted by Gasteiger charge is 2.46. The molecule has 1 amide bonds. The van der Waals surface area contributed by atoms with E-state index >= 15 is 0 Å². The molecule has 3 aromatic rings. The summed E-state index contributed by atoms with van der Waals surface area (Å²) < 4.78 is 46.7. The number of imidazole rings is 1. The maximum Gasteiger partial charge on any atom is 0.416 e. The topological polar surface area (TPSA) is 63.0 Å². The summed E-state index contributed by atoms with van der Waals surface area (Å²) in [5.74, 6) is 0.754. The Kier molecular flexibility index (Phi) is 5.45. The highest BCUT2D eigenvalue weighted by atomic mass is 19.4. The van der Waals surface area contributed by atoms with E-state index < -0.39 is 17.3 Å². The van der Waals surface area contributed by atoms with Crippen LogP contribution in [0, 0.1) is 5.41 Å². The predicted octanol–water partition coefficient (Wildman–Crippen LogP) is 5.25. The number of anilines is 1. The Balaban J connectivity index is 1.29. The lowest BCUT2D eigenvalue weighted by Crippen LogP contribution is -2.61. The molecule has 4 heterocycles. The Morgan fingerprint density at radius 3 is 2.43 bits per heavy atom. The van der Waals surface area contributed by atoms with Gasteiger partial charge < -0.3 is 14.5 Å². The van der Waals surface area contributed by atoms with E-state index in [0.29, 0.717) is 30.0 Å². The maximum absolute atomic E-state index is 13.2. The van der Waals surface area contributed by atoms with Crippen LogP contribution in [0.3, 0.4) is 0 Å². The molecule has 0 unspecified atom stereocenters. The normalized spacial score (nSPS) is 18.1. The summed E-state index contributed by atoms with van der Waals surface area (Å²) in [7, 11) is 0. The van der Waals surface area contributed by atoms with E-state index in [2.05, 4.69) is 9.88 Å². The standard InChI is InChI=1S/C25H28F3N5O2/c1-23(2,3)35-22(34)31-11-9-24(10-12-31)15-32(16-24)21-8-7-20-29-14-19(33(20)30-21)17-5-4-6-18(13-17)25(26,27)28/h4-8,13-14H,9-12,15-16H2,1-3H3. The van der Waals surface area contributed by atoms with Crippen LogP contribution in [0.1, 0.15) is 39.2 Å². The van der Waals surface area contributed by atoms with E-state index in [0.717, 1.165) is 43.9 Å². The summed E-state index contributed by atoms with van der Waals surface area (Å²) >= 11 is 0. The lowest BCUT2D eigenvalue weighted by Gasteiger charge is -2.54. The Hall–Kier alpha value is -3.30. The highest BCUT2D eigenvalue weighted by molar-refractivity contribution is 5.68. The number of halogens is 3. The fourth-order valence-electron chi connectivity index (χ4n) is 4.82. The highest BCUT2D eigenvalue weighted by Crippen LogP contribution is 2.42. The number of benzene rings is 1. The molecule has 1 aromatic carbocycles. The van der Waals surface area contributed by atoms with E-state index in [4.69, 9.17) is 9.84 Å². The average molecular weight is 488 g/mol. The molecule has 0 aliphatic carbocycles. The minimum Gasteiger partial charge on any atom is -0.444 e. The lowest BCUT2D eigenvalue weighted by molar-refractivity contribution is -0.137. The van der Waals surface area contributed by atoms with E-state index in [1.54, 1.807) is 21.7 Å². The SMILES string of the molecule is CC(C)(C)OC(=O)N1CCC2(CC1)CN(c1ccc3ncc(-c4cccc(C(F)(F)F)c4)n3n1)C2. The summed E-state index contributed by atoms with van der Waals surface area (Å²) in [6.45, 7) is 8.56. The number of hydrogen-bond acceptors (Lipinski definition) is 5. The van der Waals surface area contributed by atoms with Crippen molar-refractivity contribution in [1.82, 2.24) is 19.5 Å². The Morgan fingerprint density at radius 2 is 1.77 bits per heavy atom. The fraction of sp³-hybridized carbons (Fsp3) is 0.480. The fourth-order valence-corrected chi connectivity index (χ4v) is 4.82. The number of likely N-dealkylation sites (tertiary alicyclic amines) is 1. The molecule has 0 bridgehead atoms. The molecule has 2 aromatic heterocycles. The first-order valence-electron chi connectivity index (χ1n) is 11.7. The first-order chi connectivity index (χ1) is 16.4.